The topological polar surface area (TPSA) is 29.5 Å². The van der Waals surface area contributed by atoms with Crippen LogP contribution in [0.4, 0.5) is 0 Å². The van der Waals surface area contributed by atoms with Crippen molar-refractivity contribution in [3.05, 3.63) is 91.0 Å². The summed E-state index contributed by atoms with van der Waals surface area (Å²) in [6, 6.07) is 31.3. The molecule has 0 aliphatic rings. The maximum atomic E-state index is 10.8. The Morgan fingerprint density at radius 1 is 0.607 bits per heavy atom. The van der Waals surface area contributed by atoms with Crippen LogP contribution in [0.5, 0.6) is 0 Å². The molecule has 0 spiro atoms. The number of hydrogen-bond donors (Lipinski definition) is 1. The molecule has 3 aromatic carbocycles. The molecule has 2 nitrogen and oxygen atoms in total. The zero-order valence-electron chi connectivity index (χ0n) is 17.1. The first kappa shape index (κ1) is 22.2. The van der Waals surface area contributed by atoms with E-state index in [2.05, 4.69) is 72.8 Å². The molecule has 3 aromatic rings. The molecule has 0 atom stereocenters. The fraction of sp³-hybridized carbons (Fsp3) is 0.250. The molecule has 0 saturated carbocycles. The minimum Gasteiger partial charge on any atom is -0.396 e. The third kappa shape index (κ3) is 4.14. The second-order valence-corrected chi connectivity index (χ2v) is 11.2. The summed E-state index contributed by atoms with van der Waals surface area (Å²) in [5.41, 5.74) is -1.75. The molecule has 1 N–H and O–H groups in total. The molecule has 0 unspecified atom stereocenters. The van der Waals surface area contributed by atoms with Gasteiger partial charge in [-0.15, -0.1) is 0 Å². The lowest BCUT2D eigenvalue weighted by Gasteiger charge is -2.45. The standard InChI is InChI=1S/C24H28O2Si.B/c1-23(2,25)24(3,4)26-27(20-14-8-5-9-15-20,21-16-10-6-11-17-21)22-18-12-7-13-19-22;/h5-19,25H,1-4H3;. The van der Waals surface area contributed by atoms with Gasteiger partial charge in [-0.2, -0.15) is 0 Å². The van der Waals surface area contributed by atoms with Crippen LogP contribution < -0.4 is 15.6 Å². The molecule has 3 rings (SSSR count). The van der Waals surface area contributed by atoms with Crippen molar-refractivity contribution in [3.8, 4) is 0 Å². The molecule has 0 amide bonds. The van der Waals surface area contributed by atoms with Crippen LogP contribution in [0.3, 0.4) is 0 Å². The number of rotatable bonds is 6. The van der Waals surface area contributed by atoms with Gasteiger partial charge in [0.05, 0.1) is 11.2 Å². The summed E-state index contributed by atoms with van der Waals surface area (Å²) in [6.07, 6.45) is 0. The summed E-state index contributed by atoms with van der Waals surface area (Å²) >= 11 is 0. The molecule has 0 aromatic heterocycles. The highest BCUT2D eigenvalue weighted by atomic mass is 28.4. The summed E-state index contributed by atoms with van der Waals surface area (Å²) in [4.78, 5) is 0. The molecule has 0 heterocycles. The Bertz CT molecular complexity index is 763. The first-order chi connectivity index (χ1) is 12.8. The third-order valence-corrected chi connectivity index (χ3v) is 9.68. The maximum Gasteiger partial charge on any atom is 0.288 e. The average Bonchev–Trinajstić information content (AvgIpc) is 2.67. The fourth-order valence-electron chi connectivity index (χ4n) is 3.20. The summed E-state index contributed by atoms with van der Waals surface area (Å²) in [5.74, 6) is 0. The third-order valence-electron chi connectivity index (χ3n) is 5.42. The first-order valence-corrected chi connectivity index (χ1v) is 11.3. The number of aliphatic hydroxyl groups is 1. The summed E-state index contributed by atoms with van der Waals surface area (Å²) < 4.78 is 7.04. The highest BCUT2D eigenvalue weighted by Gasteiger charge is 2.49. The molecule has 0 bridgehead atoms. The van der Waals surface area contributed by atoms with E-state index in [1.807, 2.05) is 45.9 Å². The largest absolute Gasteiger partial charge is 0.396 e. The Balaban J connectivity index is 0.00000280. The van der Waals surface area contributed by atoms with Crippen molar-refractivity contribution in [3.63, 3.8) is 0 Å². The Kier molecular flexibility index (Phi) is 6.71. The molecule has 3 radical (unpaired) electrons. The predicted octanol–water partition coefficient (Wildman–Crippen LogP) is 2.84. The van der Waals surface area contributed by atoms with Gasteiger partial charge in [0.15, 0.2) is 0 Å². The molecular formula is C24H28BO2Si. The molecule has 0 fully saturated rings. The Morgan fingerprint density at radius 3 is 1.14 bits per heavy atom. The minimum absolute atomic E-state index is 0. The van der Waals surface area contributed by atoms with Gasteiger partial charge in [-0.05, 0) is 43.3 Å². The van der Waals surface area contributed by atoms with Crippen LogP contribution in [-0.2, 0) is 4.43 Å². The van der Waals surface area contributed by atoms with Gasteiger partial charge < -0.3 is 9.53 Å². The first-order valence-electron chi connectivity index (χ1n) is 9.36. The van der Waals surface area contributed by atoms with Crippen molar-refractivity contribution in [2.45, 2.75) is 38.9 Å². The van der Waals surface area contributed by atoms with E-state index in [1.54, 1.807) is 0 Å². The lowest BCUT2D eigenvalue weighted by Crippen LogP contribution is -2.73. The molecule has 0 aliphatic heterocycles. The summed E-state index contributed by atoms with van der Waals surface area (Å²) in [5, 5.41) is 14.3. The van der Waals surface area contributed by atoms with Gasteiger partial charge in [0.2, 0.25) is 0 Å². The predicted molar refractivity (Wildman–Crippen MR) is 121 cm³/mol. The highest BCUT2D eigenvalue weighted by Crippen LogP contribution is 2.29. The molecule has 0 saturated heterocycles. The SMILES string of the molecule is CC(C)(O)C(C)(C)O[Si](c1ccccc1)(c1ccccc1)c1ccccc1.[B]. The van der Waals surface area contributed by atoms with Crippen molar-refractivity contribution in [2.75, 3.05) is 0 Å². The van der Waals surface area contributed by atoms with Gasteiger partial charge >= 0.3 is 0 Å². The smallest absolute Gasteiger partial charge is 0.288 e. The van der Waals surface area contributed by atoms with Crippen LogP contribution in [0.1, 0.15) is 27.7 Å². The van der Waals surface area contributed by atoms with Crippen molar-refractivity contribution in [2.24, 2.45) is 0 Å². The normalized spacial score (nSPS) is 12.3. The van der Waals surface area contributed by atoms with Gasteiger partial charge in [-0.25, -0.2) is 0 Å². The van der Waals surface area contributed by atoms with E-state index in [0.717, 1.165) is 0 Å². The monoisotopic (exact) mass is 387 g/mol. The molecule has 143 valence electrons. The fourth-order valence-corrected chi connectivity index (χ4v) is 7.56. The van der Waals surface area contributed by atoms with Gasteiger partial charge in [-0.1, -0.05) is 91.0 Å². The van der Waals surface area contributed by atoms with Crippen LogP contribution in [-0.4, -0.2) is 33.0 Å². The van der Waals surface area contributed by atoms with E-state index in [-0.39, 0.29) is 8.41 Å². The molecule has 0 aliphatic carbocycles. The van der Waals surface area contributed by atoms with E-state index in [1.165, 1.54) is 15.6 Å². The average molecular weight is 387 g/mol. The van der Waals surface area contributed by atoms with Gasteiger partial charge in [-0.3, -0.25) is 0 Å². The quantitative estimate of drug-likeness (QED) is 0.521. The second-order valence-electron chi connectivity index (χ2n) is 7.95. The van der Waals surface area contributed by atoms with E-state index in [4.69, 9.17) is 4.43 Å². The lowest BCUT2D eigenvalue weighted by atomic mass is 9.90. The van der Waals surface area contributed by atoms with Crippen LogP contribution in [0.15, 0.2) is 91.0 Å². The van der Waals surface area contributed by atoms with E-state index < -0.39 is 19.5 Å². The number of hydrogen-bond acceptors (Lipinski definition) is 2. The lowest BCUT2D eigenvalue weighted by molar-refractivity contribution is -0.0931. The van der Waals surface area contributed by atoms with Crippen molar-refractivity contribution >= 4 is 32.3 Å². The maximum absolute atomic E-state index is 10.8. The second kappa shape index (κ2) is 8.48. The summed E-state index contributed by atoms with van der Waals surface area (Å²) in [6.45, 7) is 7.58. The van der Waals surface area contributed by atoms with Gasteiger partial charge in [0.1, 0.15) is 0 Å². The van der Waals surface area contributed by atoms with Crippen LogP contribution >= 0.6 is 0 Å². The molecule has 28 heavy (non-hydrogen) atoms. The van der Waals surface area contributed by atoms with Gasteiger partial charge in [0.25, 0.3) is 8.32 Å². The zero-order chi connectivity index (χ0) is 19.5. The Morgan fingerprint density at radius 2 is 0.893 bits per heavy atom. The molecular weight excluding hydrogens is 359 g/mol. The summed E-state index contributed by atoms with van der Waals surface area (Å²) in [7, 11) is -2.83. The number of benzene rings is 3. The minimum atomic E-state index is -2.83. The van der Waals surface area contributed by atoms with Crippen LogP contribution in [0.25, 0.3) is 0 Å². The van der Waals surface area contributed by atoms with Crippen LogP contribution in [0, 0.1) is 0 Å². The van der Waals surface area contributed by atoms with Gasteiger partial charge in [0, 0.05) is 8.41 Å². The Labute approximate surface area is 171 Å². The Hall–Kier alpha value is -2.14. The van der Waals surface area contributed by atoms with Crippen molar-refractivity contribution < 1.29 is 9.53 Å². The van der Waals surface area contributed by atoms with Crippen molar-refractivity contribution in [1.82, 2.24) is 0 Å². The zero-order valence-corrected chi connectivity index (χ0v) is 18.1. The van der Waals surface area contributed by atoms with E-state index in [0.29, 0.717) is 0 Å². The molecule has 4 heteroatoms. The van der Waals surface area contributed by atoms with Crippen LogP contribution in [0.2, 0.25) is 0 Å². The van der Waals surface area contributed by atoms with E-state index in [9.17, 15) is 5.11 Å². The van der Waals surface area contributed by atoms with E-state index >= 15 is 0 Å². The highest BCUT2D eigenvalue weighted by molar-refractivity contribution is 7.07. The van der Waals surface area contributed by atoms with Crippen molar-refractivity contribution in [1.29, 1.82) is 0 Å².